The minimum Gasteiger partial charge on any atom is -0.493 e. The van der Waals surface area contributed by atoms with Crippen molar-refractivity contribution in [1.29, 1.82) is 0 Å². The normalized spacial score (nSPS) is 14.4. The smallest absolute Gasteiger partial charge is 0.271 e. The lowest BCUT2D eigenvalue weighted by atomic mass is 9.94. The maximum atomic E-state index is 14.2. The number of allylic oxidation sites excluding steroid dienone is 1. The predicted molar refractivity (Wildman–Crippen MR) is 172 cm³/mol. The summed E-state index contributed by atoms with van der Waals surface area (Å²) >= 11 is 4.73. The Bertz CT molecular complexity index is 1990. The summed E-state index contributed by atoms with van der Waals surface area (Å²) in [5.41, 5.74) is 3.45. The third kappa shape index (κ3) is 6.00. The van der Waals surface area contributed by atoms with Gasteiger partial charge in [-0.25, -0.2) is 4.99 Å². The van der Waals surface area contributed by atoms with Crippen molar-refractivity contribution < 1.29 is 19.0 Å². The van der Waals surface area contributed by atoms with Crippen molar-refractivity contribution in [2.24, 2.45) is 4.99 Å². The second kappa shape index (κ2) is 12.7. The number of methoxy groups -OCH3 is 2. The SMILES string of the molecule is C#CCOc1ccc(Br)cc1/C=c1\sc2n(c1=O)[C@@H](c1ccc(OC)c(OC)c1)C(C(=O)Nc1ccccc1C)=C(C)N=2. The molecular formula is C33H28BrN3O5S. The second-order valence-corrected chi connectivity index (χ2v) is 11.6. The first-order chi connectivity index (χ1) is 20.7. The Labute approximate surface area is 261 Å². The number of aryl methyl sites for hydroxylation is 1. The van der Waals surface area contributed by atoms with Crippen LogP contribution in [0.4, 0.5) is 5.69 Å². The molecule has 0 spiro atoms. The number of nitrogens with one attached hydrogen (secondary N) is 1. The first kappa shape index (κ1) is 29.9. The molecule has 218 valence electrons. The van der Waals surface area contributed by atoms with Crippen molar-refractivity contribution in [2.45, 2.75) is 19.9 Å². The fraction of sp³-hybridized carbons (Fsp3) is 0.182. The molecule has 10 heteroatoms. The highest BCUT2D eigenvalue weighted by atomic mass is 79.9. The van der Waals surface area contributed by atoms with Crippen molar-refractivity contribution in [3.8, 4) is 29.6 Å². The van der Waals surface area contributed by atoms with Crippen molar-refractivity contribution in [3.63, 3.8) is 0 Å². The highest BCUT2D eigenvalue weighted by Crippen LogP contribution is 2.36. The lowest BCUT2D eigenvalue weighted by molar-refractivity contribution is -0.113. The van der Waals surface area contributed by atoms with Gasteiger partial charge < -0.3 is 19.5 Å². The molecule has 8 nitrogen and oxygen atoms in total. The van der Waals surface area contributed by atoms with Crippen molar-refractivity contribution in [3.05, 3.63) is 113 Å². The van der Waals surface area contributed by atoms with E-state index < -0.39 is 6.04 Å². The van der Waals surface area contributed by atoms with E-state index in [0.29, 0.717) is 54.7 Å². The van der Waals surface area contributed by atoms with Crippen LogP contribution in [0.2, 0.25) is 0 Å². The number of nitrogens with zero attached hydrogens (tertiary/aromatic N) is 2. The summed E-state index contributed by atoms with van der Waals surface area (Å²) in [4.78, 5) is 33.3. The molecule has 4 aromatic rings. The summed E-state index contributed by atoms with van der Waals surface area (Å²) in [6, 6.07) is 17.6. The minimum absolute atomic E-state index is 0.0849. The Morgan fingerprint density at radius 2 is 1.84 bits per heavy atom. The van der Waals surface area contributed by atoms with Crippen LogP contribution in [0.25, 0.3) is 6.08 Å². The number of para-hydroxylation sites is 1. The fourth-order valence-corrected chi connectivity index (χ4v) is 6.29. The van der Waals surface area contributed by atoms with E-state index >= 15 is 0 Å². The Hall–Kier alpha value is -4.59. The first-order valence-corrected chi connectivity index (χ1v) is 14.8. The summed E-state index contributed by atoms with van der Waals surface area (Å²) in [5.74, 6) is 3.65. The zero-order valence-corrected chi connectivity index (χ0v) is 26.3. The van der Waals surface area contributed by atoms with Crippen LogP contribution >= 0.6 is 27.3 Å². The van der Waals surface area contributed by atoms with Crippen LogP contribution in [0.15, 0.2) is 86.2 Å². The quantitative estimate of drug-likeness (QED) is 0.270. The molecule has 5 rings (SSSR count). The first-order valence-electron chi connectivity index (χ1n) is 13.2. The largest absolute Gasteiger partial charge is 0.493 e. The summed E-state index contributed by atoms with van der Waals surface area (Å²) < 4.78 is 19.5. The predicted octanol–water partition coefficient (Wildman–Crippen LogP) is 4.97. The van der Waals surface area contributed by atoms with Gasteiger partial charge in [0, 0.05) is 15.7 Å². The molecule has 3 aromatic carbocycles. The zero-order chi connectivity index (χ0) is 30.7. The molecule has 0 saturated heterocycles. The number of amides is 1. The van der Waals surface area contributed by atoms with Crippen LogP contribution in [0.3, 0.4) is 0 Å². The van der Waals surface area contributed by atoms with E-state index in [9.17, 15) is 9.59 Å². The number of aromatic nitrogens is 1. The van der Waals surface area contributed by atoms with Gasteiger partial charge in [0.05, 0.1) is 36.1 Å². The van der Waals surface area contributed by atoms with Gasteiger partial charge in [-0.1, -0.05) is 57.5 Å². The van der Waals surface area contributed by atoms with Gasteiger partial charge in [0.25, 0.3) is 11.5 Å². The molecule has 2 heterocycles. The number of hydrogen-bond acceptors (Lipinski definition) is 7. The van der Waals surface area contributed by atoms with Crippen molar-refractivity contribution in [1.82, 2.24) is 4.57 Å². The summed E-state index contributed by atoms with van der Waals surface area (Å²) in [6.07, 6.45) is 7.15. The summed E-state index contributed by atoms with van der Waals surface area (Å²) in [7, 11) is 3.09. The van der Waals surface area contributed by atoms with Gasteiger partial charge in [0.2, 0.25) is 0 Å². The van der Waals surface area contributed by atoms with E-state index in [1.807, 2.05) is 49.4 Å². The maximum absolute atomic E-state index is 14.2. The van der Waals surface area contributed by atoms with E-state index in [-0.39, 0.29) is 18.1 Å². The standard InChI is InChI=1S/C33H28BrN3O5S/c1-6-15-42-25-14-12-23(34)16-22(25)18-28-32(39)37-30(21-11-13-26(40-4)27(17-21)41-5)29(20(3)35-33(37)43-28)31(38)36-24-10-8-7-9-19(24)2/h1,7-14,16-18,30H,15H2,2-5H3,(H,36,38)/b28-18-/t30-/m0/s1. The molecule has 0 radical (unpaired) electrons. The van der Waals surface area contributed by atoms with Gasteiger partial charge in [-0.05, 0) is 67.4 Å². The number of thiazole rings is 1. The van der Waals surface area contributed by atoms with Crippen LogP contribution in [0, 0.1) is 19.3 Å². The van der Waals surface area contributed by atoms with E-state index in [4.69, 9.17) is 25.6 Å². The monoisotopic (exact) mass is 657 g/mol. The number of carbonyl (C=O) groups excluding carboxylic acids is 1. The maximum Gasteiger partial charge on any atom is 0.271 e. The van der Waals surface area contributed by atoms with Crippen LogP contribution in [0.1, 0.15) is 29.7 Å². The Morgan fingerprint density at radius 3 is 2.56 bits per heavy atom. The fourth-order valence-electron chi connectivity index (χ4n) is 4.88. The minimum atomic E-state index is -0.790. The number of rotatable bonds is 8. The number of anilines is 1. The number of terminal acetylenes is 1. The molecule has 0 bridgehead atoms. The number of fused-ring (bicyclic) bond motifs is 1. The average Bonchev–Trinajstić information content (AvgIpc) is 3.30. The molecular weight excluding hydrogens is 630 g/mol. The molecule has 1 aliphatic rings. The molecule has 0 aliphatic carbocycles. The molecule has 0 unspecified atom stereocenters. The van der Waals surface area contributed by atoms with Gasteiger partial charge >= 0.3 is 0 Å². The number of ether oxygens (including phenoxy) is 3. The van der Waals surface area contributed by atoms with Crippen LogP contribution in [0.5, 0.6) is 17.2 Å². The highest BCUT2D eigenvalue weighted by molar-refractivity contribution is 9.10. The van der Waals surface area contributed by atoms with Crippen molar-refractivity contribution in [2.75, 3.05) is 26.1 Å². The van der Waals surface area contributed by atoms with E-state index in [2.05, 4.69) is 27.2 Å². The van der Waals surface area contributed by atoms with Gasteiger partial charge in [0.15, 0.2) is 16.3 Å². The molecule has 43 heavy (non-hydrogen) atoms. The molecule has 0 fully saturated rings. The zero-order valence-electron chi connectivity index (χ0n) is 23.9. The second-order valence-electron chi connectivity index (χ2n) is 9.64. The van der Waals surface area contributed by atoms with Crippen LogP contribution in [-0.4, -0.2) is 31.3 Å². The topological polar surface area (TPSA) is 91.1 Å². The number of carbonyl (C=O) groups is 1. The summed E-state index contributed by atoms with van der Waals surface area (Å²) in [5, 5.41) is 3.02. The van der Waals surface area contributed by atoms with Gasteiger partial charge in [-0.3, -0.25) is 14.2 Å². The Morgan fingerprint density at radius 1 is 1.09 bits per heavy atom. The summed E-state index contributed by atoms with van der Waals surface area (Å²) in [6.45, 7) is 3.78. The Kier molecular flexibility index (Phi) is 8.85. The third-order valence-corrected chi connectivity index (χ3v) is 8.43. The van der Waals surface area contributed by atoms with Gasteiger partial charge in [-0.2, -0.15) is 0 Å². The number of benzene rings is 3. The van der Waals surface area contributed by atoms with Gasteiger partial charge in [0.1, 0.15) is 12.4 Å². The molecule has 0 saturated carbocycles. The molecule has 1 aromatic heterocycles. The van der Waals surface area contributed by atoms with Gasteiger partial charge in [-0.15, -0.1) is 6.42 Å². The third-order valence-electron chi connectivity index (χ3n) is 6.95. The average molecular weight is 659 g/mol. The number of halogens is 1. The number of hydrogen-bond donors (Lipinski definition) is 1. The van der Waals surface area contributed by atoms with Crippen molar-refractivity contribution >= 4 is 44.9 Å². The highest BCUT2D eigenvalue weighted by Gasteiger charge is 2.33. The van der Waals surface area contributed by atoms with E-state index in [0.717, 1.165) is 10.0 Å². The lowest BCUT2D eigenvalue weighted by Gasteiger charge is -2.26. The van der Waals surface area contributed by atoms with E-state index in [1.165, 1.54) is 18.4 Å². The van der Waals surface area contributed by atoms with Crippen LogP contribution in [-0.2, 0) is 4.79 Å². The molecule has 1 amide bonds. The molecule has 1 N–H and O–H groups in total. The Balaban J connectivity index is 1.71. The molecule has 1 aliphatic heterocycles. The van der Waals surface area contributed by atoms with E-state index in [1.54, 1.807) is 42.9 Å². The lowest BCUT2D eigenvalue weighted by Crippen LogP contribution is -2.40. The molecule has 1 atom stereocenters. The van der Waals surface area contributed by atoms with Crippen LogP contribution < -0.4 is 34.4 Å².